The van der Waals surface area contributed by atoms with Crippen LogP contribution in [0.2, 0.25) is 6.04 Å². The van der Waals surface area contributed by atoms with Crippen LogP contribution in [0.1, 0.15) is 18.4 Å². The Balaban J connectivity index is 2.60. The molecule has 0 saturated heterocycles. The molecule has 0 heterocycles. The van der Waals surface area contributed by atoms with Crippen LogP contribution in [-0.2, 0) is 4.79 Å². The third-order valence-electron chi connectivity index (χ3n) is 2.72. The number of rotatable bonds is 9. The van der Waals surface area contributed by atoms with Gasteiger partial charge in [0.25, 0.3) is 0 Å². The fourth-order valence-electron chi connectivity index (χ4n) is 1.69. The quantitative estimate of drug-likeness (QED) is 0.293. The maximum Gasteiger partial charge on any atom is 0.341 e. The molecule has 4 nitrogen and oxygen atoms in total. The fourth-order valence-corrected chi connectivity index (χ4v) is 3.54. The molecule has 0 bridgehead atoms. The van der Waals surface area contributed by atoms with Gasteiger partial charge in [-0.25, -0.2) is 4.79 Å². The van der Waals surface area contributed by atoms with Crippen LogP contribution in [0.3, 0.4) is 0 Å². The lowest BCUT2D eigenvalue weighted by molar-refractivity contribution is -0.131. The van der Waals surface area contributed by atoms with E-state index in [0.717, 1.165) is 18.9 Å². The highest BCUT2D eigenvalue weighted by Crippen LogP contribution is 2.30. The summed E-state index contributed by atoms with van der Waals surface area (Å²) >= 11 is 17.4. The first-order valence-electron chi connectivity index (χ1n) is 6.60. The number of unbranched alkanes of at least 4 members (excludes halogenated alkanes) is 1. The number of methoxy groups -OCH3 is 1. The molecule has 1 rings (SSSR count). The van der Waals surface area contributed by atoms with E-state index in [1.807, 2.05) is 0 Å². The van der Waals surface area contributed by atoms with Crippen molar-refractivity contribution in [3.63, 3.8) is 0 Å². The van der Waals surface area contributed by atoms with Gasteiger partial charge in [-0.15, -0.1) is 33.2 Å². The van der Waals surface area contributed by atoms with Crippen molar-refractivity contribution in [3.05, 3.63) is 29.8 Å². The van der Waals surface area contributed by atoms with Gasteiger partial charge in [0.1, 0.15) is 0 Å². The van der Waals surface area contributed by atoms with Gasteiger partial charge in [0, 0.05) is 6.08 Å². The molecular weight excluding hydrogens is 367 g/mol. The minimum absolute atomic E-state index is 0.470. The fraction of sp³-hybridized carbons (Fsp3) is 0.357. The van der Waals surface area contributed by atoms with Crippen LogP contribution < -0.4 is 9.47 Å². The lowest BCUT2D eigenvalue weighted by Gasteiger charge is -2.12. The van der Waals surface area contributed by atoms with Gasteiger partial charge >= 0.3 is 12.0 Å². The van der Waals surface area contributed by atoms with Crippen LogP contribution in [0.15, 0.2) is 24.3 Å². The molecule has 0 fully saturated rings. The Bertz CT molecular complexity index is 529. The lowest BCUT2D eigenvalue weighted by atomic mass is 10.2. The predicted octanol–water partition coefficient (Wildman–Crippen LogP) is 4.61. The van der Waals surface area contributed by atoms with Crippen molar-refractivity contribution in [1.82, 2.24) is 0 Å². The standard InChI is InChI=1S/C14H17Cl3O4Si/c1-20-12-6-4-11(5-7-14(18)19)10-13(12)21-8-2-3-9-22(15,16)17/h4-7,10H,2-3,8-9H2,1H3,(H,18,19)/b7-5+. The van der Waals surface area contributed by atoms with Crippen molar-refractivity contribution >= 4 is 51.3 Å². The number of halogens is 3. The van der Waals surface area contributed by atoms with Crippen molar-refractivity contribution < 1.29 is 19.4 Å². The Morgan fingerprint density at radius 2 is 2.00 bits per heavy atom. The molecular formula is C14H17Cl3O4Si. The van der Waals surface area contributed by atoms with Crippen LogP contribution in [-0.4, -0.2) is 30.8 Å². The van der Waals surface area contributed by atoms with Gasteiger partial charge in [-0.2, -0.15) is 0 Å². The summed E-state index contributed by atoms with van der Waals surface area (Å²) in [5, 5.41) is 8.64. The first-order valence-corrected chi connectivity index (χ1v) is 11.8. The van der Waals surface area contributed by atoms with E-state index in [4.69, 9.17) is 47.8 Å². The Kier molecular flexibility index (Phi) is 8.10. The van der Waals surface area contributed by atoms with Crippen molar-refractivity contribution in [2.24, 2.45) is 0 Å². The van der Waals surface area contributed by atoms with Gasteiger partial charge in [0.15, 0.2) is 11.5 Å². The molecule has 0 radical (unpaired) electrons. The van der Waals surface area contributed by atoms with Crippen molar-refractivity contribution in [2.45, 2.75) is 18.9 Å². The van der Waals surface area contributed by atoms with Crippen LogP contribution in [0.5, 0.6) is 11.5 Å². The van der Waals surface area contributed by atoms with E-state index in [-0.39, 0.29) is 0 Å². The van der Waals surface area contributed by atoms with Crippen molar-refractivity contribution in [3.8, 4) is 11.5 Å². The van der Waals surface area contributed by atoms with E-state index in [1.54, 1.807) is 25.3 Å². The lowest BCUT2D eigenvalue weighted by Crippen LogP contribution is -2.09. The zero-order valence-electron chi connectivity index (χ0n) is 12.0. The minimum Gasteiger partial charge on any atom is -0.493 e. The van der Waals surface area contributed by atoms with Crippen molar-refractivity contribution in [1.29, 1.82) is 0 Å². The number of aliphatic carboxylic acids is 1. The molecule has 0 unspecified atom stereocenters. The molecule has 22 heavy (non-hydrogen) atoms. The first-order chi connectivity index (χ1) is 10.3. The topological polar surface area (TPSA) is 55.8 Å². The highest BCUT2D eigenvalue weighted by Gasteiger charge is 2.23. The average Bonchev–Trinajstić information content (AvgIpc) is 2.43. The summed E-state index contributed by atoms with van der Waals surface area (Å²) in [7, 11) is 1.55. The second-order valence-electron chi connectivity index (χ2n) is 4.50. The van der Waals surface area contributed by atoms with E-state index in [0.29, 0.717) is 29.7 Å². The first kappa shape index (κ1) is 19.2. The number of benzene rings is 1. The summed E-state index contributed by atoms with van der Waals surface area (Å²) in [5.74, 6) is 0.138. The Hall–Kier alpha value is -0.883. The van der Waals surface area contributed by atoms with Gasteiger partial charge in [-0.1, -0.05) is 6.07 Å². The molecule has 1 aromatic carbocycles. The van der Waals surface area contributed by atoms with Gasteiger partial charge < -0.3 is 14.6 Å². The number of hydrogen-bond donors (Lipinski definition) is 1. The zero-order chi connectivity index (χ0) is 16.6. The summed E-state index contributed by atoms with van der Waals surface area (Å²) in [4.78, 5) is 10.5. The number of hydrogen-bond acceptors (Lipinski definition) is 3. The number of ether oxygens (including phenoxy) is 2. The van der Waals surface area contributed by atoms with E-state index >= 15 is 0 Å². The van der Waals surface area contributed by atoms with E-state index in [9.17, 15) is 4.79 Å². The molecule has 1 N–H and O–H groups in total. The Morgan fingerprint density at radius 1 is 1.27 bits per heavy atom. The highest BCUT2D eigenvalue weighted by molar-refractivity contribution is 7.64. The minimum atomic E-state index is -2.56. The van der Waals surface area contributed by atoms with Gasteiger partial charge in [0.2, 0.25) is 0 Å². The molecule has 0 atom stereocenters. The van der Waals surface area contributed by atoms with Crippen LogP contribution in [0.4, 0.5) is 0 Å². The summed E-state index contributed by atoms with van der Waals surface area (Å²) < 4.78 is 10.9. The molecule has 0 spiro atoms. The third-order valence-corrected chi connectivity index (χ3v) is 5.34. The summed E-state index contributed by atoms with van der Waals surface area (Å²) in [6, 6.07) is 3.23. The maximum absolute atomic E-state index is 10.5. The monoisotopic (exact) mass is 382 g/mol. The van der Waals surface area contributed by atoms with Crippen LogP contribution in [0.25, 0.3) is 6.08 Å². The van der Waals surface area contributed by atoms with Crippen molar-refractivity contribution in [2.75, 3.05) is 13.7 Å². The largest absolute Gasteiger partial charge is 0.493 e. The Labute approximate surface area is 144 Å². The van der Waals surface area contributed by atoms with Gasteiger partial charge in [-0.05, 0) is 42.7 Å². The molecule has 122 valence electrons. The van der Waals surface area contributed by atoms with E-state index < -0.39 is 12.0 Å². The molecule has 0 saturated carbocycles. The second kappa shape index (κ2) is 9.30. The molecule has 0 aliphatic heterocycles. The molecule has 8 heteroatoms. The molecule has 0 aromatic heterocycles. The number of carboxylic acids is 1. The number of carbonyl (C=O) groups is 1. The number of carboxylic acid groups (broad SMARTS) is 1. The van der Waals surface area contributed by atoms with Crippen LogP contribution in [0, 0.1) is 0 Å². The zero-order valence-corrected chi connectivity index (χ0v) is 15.3. The Morgan fingerprint density at radius 3 is 2.59 bits per heavy atom. The predicted molar refractivity (Wildman–Crippen MR) is 92.5 cm³/mol. The average molecular weight is 384 g/mol. The summed E-state index contributed by atoms with van der Waals surface area (Å²) in [6.07, 6.45) is 4.10. The summed E-state index contributed by atoms with van der Waals surface area (Å²) in [5.41, 5.74) is 0.715. The van der Waals surface area contributed by atoms with E-state index in [1.165, 1.54) is 6.08 Å². The summed E-state index contributed by atoms with van der Waals surface area (Å²) in [6.45, 7) is 0.470. The normalized spacial score (nSPS) is 11.6. The van der Waals surface area contributed by atoms with E-state index in [2.05, 4.69) is 0 Å². The molecule has 0 aliphatic carbocycles. The smallest absolute Gasteiger partial charge is 0.341 e. The second-order valence-corrected chi connectivity index (χ2v) is 13.8. The molecule has 0 amide bonds. The molecule has 0 aliphatic rings. The maximum atomic E-state index is 10.5. The highest BCUT2D eigenvalue weighted by atomic mass is 35.8. The van der Waals surface area contributed by atoms with Gasteiger partial charge in [0.05, 0.1) is 13.7 Å². The third kappa shape index (κ3) is 7.94. The SMILES string of the molecule is COc1ccc(/C=C/C(=O)O)cc1OCCCC[Si](Cl)(Cl)Cl. The van der Waals surface area contributed by atoms with Crippen LogP contribution >= 0.6 is 33.2 Å². The molecule has 1 aromatic rings. The van der Waals surface area contributed by atoms with Gasteiger partial charge in [-0.3, -0.25) is 0 Å².